The van der Waals surface area contributed by atoms with Crippen LogP contribution in [0.3, 0.4) is 0 Å². The number of rotatable bonds is 5. The van der Waals surface area contributed by atoms with Gasteiger partial charge in [-0.05, 0) is 44.9 Å². The van der Waals surface area contributed by atoms with Gasteiger partial charge in [0.1, 0.15) is 0 Å². The van der Waals surface area contributed by atoms with E-state index in [0.717, 1.165) is 54.5 Å². The summed E-state index contributed by atoms with van der Waals surface area (Å²) in [4.78, 5) is 19.4. The van der Waals surface area contributed by atoms with Gasteiger partial charge < -0.3 is 15.4 Å². The van der Waals surface area contributed by atoms with Gasteiger partial charge in [0.05, 0.1) is 17.2 Å². The SMILES string of the molecule is Cc1cc(C(=O)N2CCC(OCCCN)CC2)c2ccccc2n1. The molecule has 0 bridgehead atoms. The Morgan fingerprint density at radius 3 is 2.83 bits per heavy atom. The number of hydrogen-bond donors (Lipinski definition) is 1. The lowest BCUT2D eigenvalue weighted by atomic mass is 10.0. The highest BCUT2D eigenvalue weighted by atomic mass is 16.5. The van der Waals surface area contributed by atoms with Crippen molar-refractivity contribution in [3.63, 3.8) is 0 Å². The first-order chi connectivity index (χ1) is 11.7. The molecule has 0 radical (unpaired) electrons. The van der Waals surface area contributed by atoms with Crippen molar-refractivity contribution in [2.24, 2.45) is 5.73 Å². The fourth-order valence-electron chi connectivity index (χ4n) is 3.21. The van der Waals surface area contributed by atoms with Crippen LogP contribution in [-0.2, 0) is 4.74 Å². The van der Waals surface area contributed by atoms with Crippen LogP contribution < -0.4 is 5.73 Å². The Bertz CT molecular complexity index is 709. The highest BCUT2D eigenvalue weighted by molar-refractivity contribution is 6.06. The van der Waals surface area contributed by atoms with Gasteiger partial charge in [-0.2, -0.15) is 0 Å². The van der Waals surface area contributed by atoms with E-state index in [1.54, 1.807) is 0 Å². The van der Waals surface area contributed by atoms with E-state index in [1.165, 1.54) is 0 Å². The van der Waals surface area contributed by atoms with E-state index in [9.17, 15) is 4.79 Å². The van der Waals surface area contributed by atoms with Crippen LogP contribution in [-0.4, -0.2) is 48.1 Å². The molecule has 1 aliphatic rings. The number of para-hydroxylation sites is 1. The predicted molar refractivity (Wildman–Crippen MR) is 95.0 cm³/mol. The van der Waals surface area contributed by atoms with E-state index in [0.29, 0.717) is 13.2 Å². The van der Waals surface area contributed by atoms with Gasteiger partial charge in [0.2, 0.25) is 0 Å². The topological polar surface area (TPSA) is 68.5 Å². The molecule has 1 fully saturated rings. The summed E-state index contributed by atoms with van der Waals surface area (Å²) in [6.45, 7) is 4.78. The van der Waals surface area contributed by atoms with E-state index in [4.69, 9.17) is 10.5 Å². The van der Waals surface area contributed by atoms with Gasteiger partial charge in [-0.25, -0.2) is 0 Å². The first-order valence-corrected chi connectivity index (χ1v) is 8.66. The number of carbonyl (C=O) groups is 1. The summed E-state index contributed by atoms with van der Waals surface area (Å²) in [6.07, 6.45) is 2.91. The summed E-state index contributed by atoms with van der Waals surface area (Å²) in [5.41, 5.74) is 7.99. The van der Waals surface area contributed by atoms with Gasteiger partial charge in [0.15, 0.2) is 0 Å². The zero-order chi connectivity index (χ0) is 16.9. The van der Waals surface area contributed by atoms with Crippen molar-refractivity contribution in [1.82, 2.24) is 9.88 Å². The molecule has 5 nitrogen and oxygen atoms in total. The molecule has 1 aromatic carbocycles. The Balaban J connectivity index is 1.70. The average Bonchev–Trinajstić information content (AvgIpc) is 2.61. The molecule has 24 heavy (non-hydrogen) atoms. The molecule has 128 valence electrons. The number of piperidine rings is 1. The third-order valence-electron chi connectivity index (χ3n) is 4.51. The van der Waals surface area contributed by atoms with Gasteiger partial charge in [-0.3, -0.25) is 9.78 Å². The predicted octanol–water partition coefficient (Wildman–Crippen LogP) is 2.51. The minimum Gasteiger partial charge on any atom is -0.378 e. The Morgan fingerprint density at radius 2 is 2.08 bits per heavy atom. The molecule has 0 saturated carbocycles. The molecule has 0 aliphatic carbocycles. The van der Waals surface area contributed by atoms with Crippen LogP contribution in [0.15, 0.2) is 30.3 Å². The normalized spacial score (nSPS) is 15.8. The molecule has 0 unspecified atom stereocenters. The van der Waals surface area contributed by atoms with Crippen LogP contribution in [0.1, 0.15) is 35.3 Å². The van der Waals surface area contributed by atoms with E-state index in [-0.39, 0.29) is 12.0 Å². The van der Waals surface area contributed by atoms with E-state index >= 15 is 0 Å². The molecule has 3 rings (SSSR count). The number of amides is 1. The molecule has 1 saturated heterocycles. The van der Waals surface area contributed by atoms with Crippen LogP contribution in [0.25, 0.3) is 10.9 Å². The number of carbonyl (C=O) groups excluding carboxylic acids is 1. The quantitative estimate of drug-likeness (QED) is 0.857. The second-order valence-corrected chi connectivity index (χ2v) is 6.33. The number of ether oxygens (including phenoxy) is 1. The molecule has 1 amide bonds. The monoisotopic (exact) mass is 327 g/mol. The molecule has 0 spiro atoms. The third kappa shape index (κ3) is 3.74. The lowest BCUT2D eigenvalue weighted by Gasteiger charge is -2.32. The summed E-state index contributed by atoms with van der Waals surface area (Å²) in [6, 6.07) is 9.73. The molecule has 2 N–H and O–H groups in total. The highest BCUT2D eigenvalue weighted by Crippen LogP contribution is 2.22. The maximum absolute atomic E-state index is 13.0. The zero-order valence-corrected chi connectivity index (χ0v) is 14.2. The van der Waals surface area contributed by atoms with Gasteiger partial charge >= 0.3 is 0 Å². The largest absolute Gasteiger partial charge is 0.378 e. The van der Waals surface area contributed by atoms with Crippen LogP contribution in [0.4, 0.5) is 0 Å². The summed E-state index contributed by atoms with van der Waals surface area (Å²) in [5, 5.41) is 0.925. The van der Waals surface area contributed by atoms with Crippen molar-refractivity contribution >= 4 is 16.8 Å². The Morgan fingerprint density at radius 1 is 1.33 bits per heavy atom. The van der Waals surface area contributed by atoms with Gasteiger partial charge in [0, 0.05) is 30.8 Å². The van der Waals surface area contributed by atoms with Crippen LogP contribution >= 0.6 is 0 Å². The van der Waals surface area contributed by atoms with Crippen LogP contribution in [0.2, 0.25) is 0 Å². The molecule has 1 aliphatic heterocycles. The maximum Gasteiger partial charge on any atom is 0.254 e. The fourth-order valence-corrected chi connectivity index (χ4v) is 3.21. The second-order valence-electron chi connectivity index (χ2n) is 6.33. The molecular weight excluding hydrogens is 302 g/mol. The van der Waals surface area contributed by atoms with E-state index in [2.05, 4.69) is 4.98 Å². The molecular formula is C19H25N3O2. The second kappa shape index (κ2) is 7.73. The molecule has 0 atom stereocenters. The summed E-state index contributed by atoms with van der Waals surface area (Å²) < 4.78 is 5.82. The number of nitrogens with zero attached hydrogens (tertiary/aromatic N) is 2. The van der Waals surface area contributed by atoms with Gasteiger partial charge in [-0.15, -0.1) is 0 Å². The average molecular weight is 327 g/mol. The van der Waals surface area contributed by atoms with Crippen molar-refractivity contribution in [2.45, 2.75) is 32.3 Å². The summed E-state index contributed by atoms with van der Waals surface area (Å²) in [7, 11) is 0. The van der Waals surface area contributed by atoms with Crippen LogP contribution in [0.5, 0.6) is 0 Å². The van der Waals surface area contributed by atoms with Crippen molar-refractivity contribution in [3.8, 4) is 0 Å². The zero-order valence-electron chi connectivity index (χ0n) is 14.2. The van der Waals surface area contributed by atoms with Crippen molar-refractivity contribution in [2.75, 3.05) is 26.2 Å². The van der Waals surface area contributed by atoms with Crippen molar-refractivity contribution in [1.29, 1.82) is 0 Å². The third-order valence-corrected chi connectivity index (χ3v) is 4.51. The van der Waals surface area contributed by atoms with Gasteiger partial charge in [-0.1, -0.05) is 18.2 Å². The number of likely N-dealkylation sites (tertiary alicyclic amines) is 1. The number of benzene rings is 1. The van der Waals surface area contributed by atoms with E-state index in [1.807, 2.05) is 42.2 Å². The minimum absolute atomic E-state index is 0.0945. The van der Waals surface area contributed by atoms with Crippen LogP contribution in [0, 0.1) is 6.92 Å². The van der Waals surface area contributed by atoms with Gasteiger partial charge in [0.25, 0.3) is 5.91 Å². The smallest absolute Gasteiger partial charge is 0.254 e. The fraction of sp³-hybridized carbons (Fsp3) is 0.474. The highest BCUT2D eigenvalue weighted by Gasteiger charge is 2.25. The Hall–Kier alpha value is -1.98. The summed E-state index contributed by atoms with van der Waals surface area (Å²) in [5.74, 6) is 0.0945. The maximum atomic E-state index is 13.0. The molecule has 5 heteroatoms. The Kier molecular flexibility index (Phi) is 5.43. The lowest BCUT2D eigenvalue weighted by Crippen LogP contribution is -2.41. The number of hydrogen-bond acceptors (Lipinski definition) is 4. The number of aryl methyl sites for hydroxylation is 1. The van der Waals surface area contributed by atoms with Crippen molar-refractivity contribution in [3.05, 3.63) is 41.6 Å². The number of aromatic nitrogens is 1. The molecule has 2 heterocycles. The standard InChI is InChI=1S/C19H25N3O2/c1-14-13-17(16-5-2-3-6-18(16)21-14)19(23)22-10-7-15(8-11-22)24-12-4-9-20/h2-3,5-6,13,15H,4,7-12,20H2,1H3. The first kappa shape index (κ1) is 16.9. The number of pyridine rings is 1. The Labute approximate surface area is 142 Å². The first-order valence-electron chi connectivity index (χ1n) is 8.66. The van der Waals surface area contributed by atoms with Crippen molar-refractivity contribution < 1.29 is 9.53 Å². The molecule has 1 aromatic heterocycles. The van der Waals surface area contributed by atoms with E-state index < -0.39 is 0 Å². The molecule has 2 aromatic rings. The number of fused-ring (bicyclic) bond motifs is 1. The minimum atomic E-state index is 0.0945. The number of nitrogens with two attached hydrogens (primary N) is 1. The summed E-state index contributed by atoms with van der Waals surface area (Å²) >= 11 is 0. The lowest BCUT2D eigenvalue weighted by molar-refractivity contribution is 0.00849.